The lowest BCUT2D eigenvalue weighted by Crippen LogP contribution is -2.38. The van der Waals surface area contributed by atoms with Crippen molar-refractivity contribution >= 4 is 0 Å². The number of furan rings is 1. The van der Waals surface area contributed by atoms with Crippen molar-refractivity contribution in [1.29, 1.82) is 0 Å². The second-order valence-electron chi connectivity index (χ2n) is 6.65. The zero-order valence-corrected chi connectivity index (χ0v) is 11.2. The Morgan fingerprint density at radius 3 is 2.89 bits per heavy atom. The van der Waals surface area contributed by atoms with Gasteiger partial charge in [-0.1, -0.05) is 6.42 Å². The molecule has 1 heterocycles. The van der Waals surface area contributed by atoms with E-state index < -0.39 is 0 Å². The standard InChI is InChI=1S/C16H23NO/c1-10-5-6-12(18-10)9-17-16-8-11-7-15(16)14-4-2-3-13(11)14/h5-6,11,13-17H,2-4,7-9H2,1H3. The minimum Gasteiger partial charge on any atom is -0.465 e. The molecule has 2 heteroatoms. The monoisotopic (exact) mass is 245 g/mol. The van der Waals surface area contributed by atoms with Gasteiger partial charge >= 0.3 is 0 Å². The summed E-state index contributed by atoms with van der Waals surface area (Å²) >= 11 is 0. The molecule has 3 saturated carbocycles. The largest absolute Gasteiger partial charge is 0.465 e. The summed E-state index contributed by atoms with van der Waals surface area (Å²) < 4.78 is 5.65. The van der Waals surface area contributed by atoms with Gasteiger partial charge in [0.1, 0.15) is 11.5 Å². The van der Waals surface area contributed by atoms with Crippen LogP contribution in [0.3, 0.4) is 0 Å². The highest BCUT2D eigenvalue weighted by atomic mass is 16.3. The number of aryl methyl sites for hydroxylation is 1. The van der Waals surface area contributed by atoms with Crippen molar-refractivity contribution in [1.82, 2.24) is 5.32 Å². The fourth-order valence-corrected chi connectivity index (χ4v) is 5.11. The van der Waals surface area contributed by atoms with Crippen molar-refractivity contribution < 1.29 is 4.42 Å². The van der Waals surface area contributed by atoms with E-state index in [0.717, 1.165) is 47.8 Å². The van der Waals surface area contributed by atoms with Crippen LogP contribution in [-0.2, 0) is 6.54 Å². The van der Waals surface area contributed by atoms with Crippen LogP contribution in [0.25, 0.3) is 0 Å². The Hall–Kier alpha value is -0.760. The quantitative estimate of drug-likeness (QED) is 0.881. The van der Waals surface area contributed by atoms with Crippen LogP contribution >= 0.6 is 0 Å². The maximum atomic E-state index is 5.65. The van der Waals surface area contributed by atoms with Crippen molar-refractivity contribution in [3.05, 3.63) is 23.7 Å². The molecule has 1 aromatic rings. The van der Waals surface area contributed by atoms with Crippen LogP contribution in [-0.4, -0.2) is 6.04 Å². The maximum Gasteiger partial charge on any atom is 0.117 e. The first-order valence-corrected chi connectivity index (χ1v) is 7.60. The van der Waals surface area contributed by atoms with E-state index >= 15 is 0 Å². The SMILES string of the molecule is Cc1ccc(CNC2CC3CC2C2CCCC32)o1. The van der Waals surface area contributed by atoms with Crippen molar-refractivity contribution in [2.75, 3.05) is 0 Å². The third-order valence-electron chi connectivity index (χ3n) is 5.76. The predicted octanol–water partition coefficient (Wildman–Crippen LogP) is 3.50. The van der Waals surface area contributed by atoms with Crippen molar-refractivity contribution in [3.63, 3.8) is 0 Å². The van der Waals surface area contributed by atoms with Gasteiger partial charge in [0.05, 0.1) is 6.54 Å². The molecule has 2 bridgehead atoms. The van der Waals surface area contributed by atoms with Gasteiger partial charge in [-0.05, 0) is 68.4 Å². The van der Waals surface area contributed by atoms with E-state index in [1.54, 1.807) is 0 Å². The zero-order valence-electron chi connectivity index (χ0n) is 11.2. The molecule has 1 N–H and O–H groups in total. The van der Waals surface area contributed by atoms with E-state index in [1.807, 2.05) is 6.92 Å². The number of fused-ring (bicyclic) bond motifs is 5. The molecule has 0 amide bonds. The Labute approximate surface area is 109 Å². The highest BCUT2D eigenvalue weighted by Crippen LogP contribution is 2.58. The smallest absolute Gasteiger partial charge is 0.117 e. The molecular weight excluding hydrogens is 222 g/mol. The number of rotatable bonds is 3. The van der Waals surface area contributed by atoms with Crippen LogP contribution < -0.4 is 5.32 Å². The molecule has 0 saturated heterocycles. The van der Waals surface area contributed by atoms with Crippen molar-refractivity contribution in [2.45, 2.75) is 51.6 Å². The second-order valence-corrected chi connectivity index (χ2v) is 6.65. The van der Waals surface area contributed by atoms with Gasteiger partial charge in [0.15, 0.2) is 0 Å². The average molecular weight is 245 g/mol. The van der Waals surface area contributed by atoms with Gasteiger partial charge in [0, 0.05) is 6.04 Å². The van der Waals surface area contributed by atoms with E-state index in [4.69, 9.17) is 4.42 Å². The van der Waals surface area contributed by atoms with Gasteiger partial charge in [0.25, 0.3) is 0 Å². The molecule has 0 radical (unpaired) electrons. The summed E-state index contributed by atoms with van der Waals surface area (Å²) in [6, 6.07) is 4.93. The zero-order chi connectivity index (χ0) is 12.1. The Morgan fingerprint density at radius 1 is 1.17 bits per heavy atom. The van der Waals surface area contributed by atoms with Crippen LogP contribution in [0, 0.1) is 30.6 Å². The van der Waals surface area contributed by atoms with Crippen molar-refractivity contribution in [3.8, 4) is 0 Å². The molecule has 4 rings (SSSR count). The minimum absolute atomic E-state index is 0.764. The van der Waals surface area contributed by atoms with Gasteiger partial charge in [-0.15, -0.1) is 0 Å². The van der Waals surface area contributed by atoms with Crippen LogP contribution in [0.15, 0.2) is 16.5 Å². The topological polar surface area (TPSA) is 25.2 Å². The summed E-state index contributed by atoms with van der Waals surface area (Å²) in [4.78, 5) is 0. The Bertz CT molecular complexity index is 438. The van der Waals surface area contributed by atoms with Crippen LogP contribution in [0.1, 0.15) is 43.6 Å². The maximum absolute atomic E-state index is 5.65. The van der Waals surface area contributed by atoms with E-state index in [2.05, 4.69) is 17.4 Å². The Balaban J connectivity index is 1.39. The van der Waals surface area contributed by atoms with Crippen molar-refractivity contribution in [2.24, 2.45) is 23.7 Å². The van der Waals surface area contributed by atoms with E-state index in [1.165, 1.54) is 32.1 Å². The average Bonchev–Trinajstić information content (AvgIpc) is 3.08. The third kappa shape index (κ3) is 1.65. The van der Waals surface area contributed by atoms with Crippen LogP contribution in [0.4, 0.5) is 0 Å². The number of nitrogens with one attached hydrogen (secondary N) is 1. The molecule has 3 aliphatic rings. The molecule has 1 aromatic heterocycles. The Kier molecular flexibility index (Phi) is 2.54. The predicted molar refractivity (Wildman–Crippen MR) is 71.1 cm³/mol. The second kappa shape index (κ2) is 4.12. The lowest BCUT2D eigenvalue weighted by molar-refractivity contribution is 0.205. The lowest BCUT2D eigenvalue weighted by atomic mass is 9.79. The van der Waals surface area contributed by atoms with E-state index in [-0.39, 0.29) is 0 Å². The Morgan fingerprint density at radius 2 is 2.06 bits per heavy atom. The molecule has 3 aliphatic carbocycles. The third-order valence-corrected chi connectivity index (χ3v) is 5.76. The molecule has 5 unspecified atom stereocenters. The molecule has 0 spiro atoms. The normalized spacial score (nSPS) is 41.5. The fourth-order valence-electron chi connectivity index (χ4n) is 5.11. The summed E-state index contributed by atoms with van der Waals surface area (Å²) in [7, 11) is 0. The lowest BCUT2D eigenvalue weighted by Gasteiger charge is -2.32. The molecule has 18 heavy (non-hydrogen) atoms. The molecule has 0 aromatic carbocycles. The first-order chi connectivity index (χ1) is 8.81. The summed E-state index contributed by atoms with van der Waals surface area (Å²) in [6.07, 6.45) is 7.45. The summed E-state index contributed by atoms with van der Waals surface area (Å²) in [5.74, 6) is 6.28. The highest BCUT2D eigenvalue weighted by Gasteiger charge is 2.53. The molecule has 5 atom stereocenters. The number of hydrogen-bond donors (Lipinski definition) is 1. The van der Waals surface area contributed by atoms with Crippen LogP contribution in [0.2, 0.25) is 0 Å². The first kappa shape index (κ1) is 11.1. The van der Waals surface area contributed by atoms with Gasteiger partial charge in [-0.3, -0.25) is 0 Å². The molecule has 0 aliphatic heterocycles. The van der Waals surface area contributed by atoms with Gasteiger partial charge in [-0.25, -0.2) is 0 Å². The summed E-state index contributed by atoms with van der Waals surface area (Å²) in [5, 5.41) is 3.76. The summed E-state index contributed by atoms with van der Waals surface area (Å²) in [5.41, 5.74) is 0. The summed E-state index contributed by atoms with van der Waals surface area (Å²) in [6.45, 7) is 2.93. The van der Waals surface area contributed by atoms with Gasteiger partial charge < -0.3 is 9.73 Å². The van der Waals surface area contributed by atoms with Gasteiger partial charge in [0.2, 0.25) is 0 Å². The van der Waals surface area contributed by atoms with Crippen LogP contribution in [0.5, 0.6) is 0 Å². The number of hydrogen-bond acceptors (Lipinski definition) is 2. The van der Waals surface area contributed by atoms with E-state index in [9.17, 15) is 0 Å². The molecule has 3 fully saturated rings. The molecule has 98 valence electrons. The fraction of sp³-hybridized carbons (Fsp3) is 0.750. The highest BCUT2D eigenvalue weighted by molar-refractivity contribution is 5.08. The minimum atomic E-state index is 0.764. The molecular formula is C16H23NO. The van der Waals surface area contributed by atoms with E-state index in [0.29, 0.717) is 0 Å². The molecule has 2 nitrogen and oxygen atoms in total. The van der Waals surface area contributed by atoms with Gasteiger partial charge in [-0.2, -0.15) is 0 Å². The first-order valence-electron chi connectivity index (χ1n) is 7.60.